The Morgan fingerprint density at radius 2 is 2.10 bits per heavy atom. The van der Waals surface area contributed by atoms with E-state index in [9.17, 15) is 0 Å². The summed E-state index contributed by atoms with van der Waals surface area (Å²) < 4.78 is 6.34. The Morgan fingerprint density at radius 3 is 2.86 bits per heavy atom. The lowest BCUT2D eigenvalue weighted by molar-refractivity contribution is 0.568. The Labute approximate surface area is 131 Å². The smallest absolute Gasteiger partial charge is 0.247 e. The lowest BCUT2D eigenvalue weighted by atomic mass is 10.1. The van der Waals surface area contributed by atoms with Gasteiger partial charge in [-0.3, -0.25) is 0 Å². The first kappa shape index (κ1) is 13.8. The normalized spacial score (nSPS) is 10.6. The van der Waals surface area contributed by atoms with Crippen molar-refractivity contribution in [2.45, 2.75) is 13.5 Å². The maximum absolute atomic E-state index is 5.21. The fourth-order valence-electron chi connectivity index (χ4n) is 2.01. The van der Waals surface area contributed by atoms with E-state index in [1.807, 2.05) is 24.3 Å². The van der Waals surface area contributed by atoms with Crippen LogP contribution in [-0.4, -0.2) is 10.2 Å². The third-order valence-corrected chi connectivity index (χ3v) is 4.06. The van der Waals surface area contributed by atoms with Crippen LogP contribution in [0.5, 0.6) is 0 Å². The number of nitrogens with one attached hydrogen (secondary N) is 1. The van der Waals surface area contributed by atoms with Gasteiger partial charge in [0.15, 0.2) is 0 Å². The van der Waals surface area contributed by atoms with Gasteiger partial charge in [0.25, 0.3) is 0 Å². The molecule has 0 aliphatic rings. The predicted molar refractivity (Wildman–Crippen MR) is 85.9 cm³/mol. The molecule has 0 spiro atoms. The fourth-order valence-corrected chi connectivity index (χ4v) is 2.44. The van der Waals surface area contributed by atoms with Crippen molar-refractivity contribution >= 4 is 21.6 Å². The van der Waals surface area contributed by atoms with E-state index in [0.717, 1.165) is 22.3 Å². The van der Waals surface area contributed by atoms with E-state index < -0.39 is 0 Å². The molecule has 106 valence electrons. The Morgan fingerprint density at radius 1 is 1.19 bits per heavy atom. The van der Waals surface area contributed by atoms with Gasteiger partial charge in [0.05, 0.1) is 0 Å². The van der Waals surface area contributed by atoms with Gasteiger partial charge < -0.3 is 9.73 Å². The first-order chi connectivity index (χ1) is 10.2. The quantitative estimate of drug-likeness (QED) is 0.761. The van der Waals surface area contributed by atoms with E-state index in [1.165, 1.54) is 17.5 Å². The summed E-state index contributed by atoms with van der Waals surface area (Å²) in [4.78, 5) is 0. The first-order valence-corrected chi connectivity index (χ1v) is 7.37. The van der Waals surface area contributed by atoms with Gasteiger partial charge in [0.1, 0.15) is 0 Å². The van der Waals surface area contributed by atoms with Gasteiger partial charge in [-0.1, -0.05) is 34.1 Å². The first-order valence-electron chi connectivity index (χ1n) is 6.58. The van der Waals surface area contributed by atoms with E-state index >= 15 is 0 Å². The molecule has 0 fully saturated rings. The molecule has 3 aromatic rings. The molecule has 0 saturated carbocycles. The van der Waals surface area contributed by atoms with E-state index in [0.29, 0.717) is 5.89 Å². The fraction of sp³-hybridized carbons (Fsp3) is 0.125. The monoisotopic (exact) mass is 343 g/mol. The largest absolute Gasteiger partial charge is 0.423 e. The summed E-state index contributed by atoms with van der Waals surface area (Å²) in [5.41, 5.74) is 4.37. The molecule has 1 heterocycles. The molecule has 0 unspecified atom stereocenters. The molecule has 3 rings (SSSR count). The average Bonchev–Trinajstić information content (AvgIpc) is 3.03. The molecule has 0 atom stereocenters. The molecule has 21 heavy (non-hydrogen) atoms. The Bertz CT molecular complexity index is 741. The van der Waals surface area contributed by atoms with Crippen LogP contribution in [-0.2, 0) is 6.54 Å². The third-order valence-electron chi connectivity index (χ3n) is 3.20. The van der Waals surface area contributed by atoms with Gasteiger partial charge >= 0.3 is 0 Å². The summed E-state index contributed by atoms with van der Waals surface area (Å²) in [5.74, 6) is 0.525. The van der Waals surface area contributed by atoms with Crippen LogP contribution >= 0.6 is 15.9 Å². The number of aromatic nitrogens is 2. The number of benzene rings is 2. The second kappa shape index (κ2) is 6.10. The molecule has 0 amide bonds. The van der Waals surface area contributed by atoms with Crippen LogP contribution in [0.25, 0.3) is 11.5 Å². The van der Waals surface area contributed by atoms with E-state index in [4.69, 9.17) is 4.42 Å². The summed E-state index contributed by atoms with van der Waals surface area (Å²) in [6.45, 7) is 2.83. The highest BCUT2D eigenvalue weighted by atomic mass is 79.9. The summed E-state index contributed by atoms with van der Waals surface area (Å²) >= 11 is 3.55. The number of hydrogen-bond donors (Lipinski definition) is 1. The van der Waals surface area contributed by atoms with Crippen LogP contribution in [0.1, 0.15) is 11.1 Å². The van der Waals surface area contributed by atoms with E-state index in [-0.39, 0.29) is 0 Å². The predicted octanol–water partition coefficient (Wildman–Crippen LogP) is 4.42. The average molecular weight is 344 g/mol. The number of halogens is 1. The molecule has 1 N–H and O–H groups in total. The zero-order chi connectivity index (χ0) is 14.7. The van der Waals surface area contributed by atoms with Gasteiger partial charge in [0.2, 0.25) is 12.3 Å². The Balaban J connectivity index is 1.73. The summed E-state index contributed by atoms with van der Waals surface area (Å²) in [6, 6.07) is 14.3. The second-order valence-corrected chi connectivity index (χ2v) is 5.62. The van der Waals surface area contributed by atoms with Gasteiger partial charge in [-0.05, 0) is 42.3 Å². The maximum Gasteiger partial charge on any atom is 0.247 e. The standard InChI is InChI=1S/C16H14BrN3O/c1-11-5-6-12(7-15(11)17)9-18-14-4-2-3-13(8-14)16-20-19-10-21-16/h2-8,10,18H,9H2,1H3. The lowest BCUT2D eigenvalue weighted by Gasteiger charge is -2.08. The van der Waals surface area contributed by atoms with Crippen LogP contribution in [0.3, 0.4) is 0 Å². The highest BCUT2D eigenvalue weighted by Gasteiger charge is 2.04. The zero-order valence-corrected chi connectivity index (χ0v) is 13.1. The van der Waals surface area contributed by atoms with Gasteiger partial charge in [-0.25, -0.2) is 0 Å². The Hall–Kier alpha value is -2.14. The molecule has 1 aromatic heterocycles. The maximum atomic E-state index is 5.21. The van der Waals surface area contributed by atoms with Crippen molar-refractivity contribution in [1.82, 2.24) is 10.2 Å². The van der Waals surface area contributed by atoms with Crippen molar-refractivity contribution in [3.63, 3.8) is 0 Å². The van der Waals surface area contributed by atoms with Crippen LogP contribution in [0.2, 0.25) is 0 Å². The molecule has 0 aliphatic carbocycles. The van der Waals surface area contributed by atoms with Crippen LogP contribution in [0.15, 0.2) is 57.7 Å². The summed E-state index contributed by atoms with van der Waals surface area (Å²) in [5, 5.41) is 11.0. The van der Waals surface area contributed by atoms with Crippen molar-refractivity contribution in [2.75, 3.05) is 5.32 Å². The van der Waals surface area contributed by atoms with Crippen molar-refractivity contribution in [2.24, 2.45) is 0 Å². The van der Waals surface area contributed by atoms with Crippen LogP contribution in [0, 0.1) is 6.92 Å². The van der Waals surface area contributed by atoms with Gasteiger partial charge in [-0.2, -0.15) is 0 Å². The van der Waals surface area contributed by atoms with Crippen molar-refractivity contribution in [1.29, 1.82) is 0 Å². The van der Waals surface area contributed by atoms with E-state index in [1.54, 1.807) is 0 Å². The molecule has 4 nitrogen and oxygen atoms in total. The van der Waals surface area contributed by atoms with Gasteiger partial charge in [-0.15, -0.1) is 10.2 Å². The molecule has 0 aliphatic heterocycles. The van der Waals surface area contributed by atoms with Crippen molar-refractivity contribution < 1.29 is 4.42 Å². The molecule has 5 heteroatoms. The molecular weight excluding hydrogens is 330 g/mol. The Kier molecular flexibility index (Phi) is 4.01. The highest BCUT2D eigenvalue weighted by Crippen LogP contribution is 2.22. The number of aryl methyl sites for hydroxylation is 1. The molecule has 0 radical (unpaired) electrons. The number of anilines is 1. The summed E-state index contributed by atoms with van der Waals surface area (Å²) in [7, 11) is 0. The van der Waals surface area contributed by atoms with Crippen LogP contribution in [0.4, 0.5) is 5.69 Å². The zero-order valence-electron chi connectivity index (χ0n) is 11.5. The molecule has 0 bridgehead atoms. The molecule has 0 saturated heterocycles. The minimum absolute atomic E-state index is 0.525. The topological polar surface area (TPSA) is 51.0 Å². The molecule has 2 aromatic carbocycles. The van der Waals surface area contributed by atoms with Crippen LogP contribution < -0.4 is 5.32 Å². The number of hydrogen-bond acceptors (Lipinski definition) is 4. The SMILES string of the molecule is Cc1ccc(CNc2cccc(-c3nnco3)c2)cc1Br. The second-order valence-electron chi connectivity index (χ2n) is 4.76. The lowest BCUT2D eigenvalue weighted by Crippen LogP contribution is -1.99. The third kappa shape index (κ3) is 3.31. The van der Waals surface area contributed by atoms with Crippen molar-refractivity contribution in [3.8, 4) is 11.5 Å². The summed E-state index contributed by atoms with van der Waals surface area (Å²) in [6.07, 6.45) is 1.33. The number of rotatable bonds is 4. The molecular formula is C16H14BrN3O. The van der Waals surface area contributed by atoms with Gasteiger partial charge in [0, 0.05) is 22.3 Å². The minimum atomic E-state index is 0.525. The van der Waals surface area contributed by atoms with E-state index in [2.05, 4.69) is 56.6 Å². The van der Waals surface area contributed by atoms with Crippen molar-refractivity contribution in [3.05, 3.63) is 64.5 Å². The number of nitrogens with zero attached hydrogens (tertiary/aromatic N) is 2. The minimum Gasteiger partial charge on any atom is -0.423 e. The highest BCUT2D eigenvalue weighted by molar-refractivity contribution is 9.10.